The lowest BCUT2D eigenvalue weighted by molar-refractivity contribution is -0.223. The van der Waals surface area contributed by atoms with Crippen LogP contribution in [0.15, 0.2) is 25.3 Å². The van der Waals surface area contributed by atoms with Crippen molar-refractivity contribution in [2.24, 2.45) is 11.8 Å². The molecule has 4 aliphatic carbocycles. The van der Waals surface area contributed by atoms with Crippen LogP contribution in [0.1, 0.15) is 32.1 Å². The lowest BCUT2D eigenvalue weighted by Crippen LogP contribution is -2.64. The predicted octanol–water partition coefficient (Wildman–Crippen LogP) is 1.72. The number of carbonyl (C=O) groups excluding carboxylic acids is 3. The molecule has 4 aliphatic rings. The molecule has 4 fully saturated rings. The van der Waals surface area contributed by atoms with E-state index in [0.717, 1.165) is 12.2 Å². The number of ketones is 1. The van der Waals surface area contributed by atoms with Gasteiger partial charge in [-0.2, -0.15) is 0 Å². The summed E-state index contributed by atoms with van der Waals surface area (Å²) < 4.78 is 11.1. The van der Waals surface area contributed by atoms with Crippen molar-refractivity contribution in [3.63, 3.8) is 0 Å². The van der Waals surface area contributed by atoms with Crippen molar-refractivity contribution in [1.82, 2.24) is 0 Å². The number of rotatable bonds is 4. The van der Waals surface area contributed by atoms with Crippen molar-refractivity contribution in [1.29, 1.82) is 0 Å². The smallest absolute Gasteiger partial charge is 0.330 e. The number of hydrogen-bond donors (Lipinski definition) is 0. The Labute approximate surface area is 123 Å². The Morgan fingerprint density at radius 3 is 1.67 bits per heavy atom. The maximum absolute atomic E-state index is 12.2. The number of hydrogen-bond acceptors (Lipinski definition) is 5. The van der Waals surface area contributed by atoms with Gasteiger partial charge in [-0.25, -0.2) is 9.59 Å². The van der Waals surface area contributed by atoms with E-state index in [4.69, 9.17) is 9.47 Å². The number of Topliss-reactive ketones (excluding diaryl/α,β-unsaturated/α-hetero) is 1. The van der Waals surface area contributed by atoms with Crippen LogP contribution in [-0.2, 0) is 23.9 Å². The Bertz CT molecular complexity index is 489. The molecular weight excluding hydrogens is 272 g/mol. The summed E-state index contributed by atoms with van der Waals surface area (Å²) in [4.78, 5) is 35.5. The third kappa shape index (κ3) is 2.20. The molecule has 4 rings (SSSR count). The number of esters is 2. The Balaban J connectivity index is 1.90. The first-order chi connectivity index (χ1) is 9.91. The molecule has 0 amide bonds. The van der Waals surface area contributed by atoms with E-state index in [1.165, 1.54) is 0 Å². The summed E-state index contributed by atoms with van der Waals surface area (Å²) >= 11 is 0. The summed E-state index contributed by atoms with van der Waals surface area (Å²) in [7, 11) is 0. The van der Waals surface area contributed by atoms with Gasteiger partial charge in [0.05, 0.1) is 0 Å². The molecule has 5 nitrogen and oxygen atoms in total. The van der Waals surface area contributed by atoms with Gasteiger partial charge in [0.25, 0.3) is 0 Å². The van der Waals surface area contributed by atoms with Gasteiger partial charge in [-0.05, 0) is 25.7 Å². The van der Waals surface area contributed by atoms with Gasteiger partial charge in [-0.15, -0.1) is 0 Å². The molecule has 0 heterocycles. The predicted molar refractivity (Wildman–Crippen MR) is 73.1 cm³/mol. The van der Waals surface area contributed by atoms with Crippen LogP contribution in [0.4, 0.5) is 0 Å². The van der Waals surface area contributed by atoms with E-state index < -0.39 is 23.1 Å². The summed E-state index contributed by atoms with van der Waals surface area (Å²) in [5, 5.41) is 0. The van der Waals surface area contributed by atoms with Gasteiger partial charge in [-0.3, -0.25) is 4.79 Å². The molecule has 0 aromatic heterocycles. The topological polar surface area (TPSA) is 69.7 Å². The second-order valence-corrected chi connectivity index (χ2v) is 6.41. The Hall–Kier alpha value is -1.91. The van der Waals surface area contributed by atoms with Gasteiger partial charge < -0.3 is 9.47 Å². The van der Waals surface area contributed by atoms with E-state index in [9.17, 15) is 14.4 Å². The zero-order valence-electron chi connectivity index (χ0n) is 11.8. The third-order valence-corrected chi connectivity index (χ3v) is 4.89. The van der Waals surface area contributed by atoms with E-state index in [2.05, 4.69) is 13.2 Å². The second-order valence-electron chi connectivity index (χ2n) is 6.41. The van der Waals surface area contributed by atoms with Gasteiger partial charge in [0, 0.05) is 30.4 Å². The van der Waals surface area contributed by atoms with Gasteiger partial charge in [-0.1, -0.05) is 13.2 Å². The van der Waals surface area contributed by atoms with E-state index >= 15 is 0 Å². The van der Waals surface area contributed by atoms with Gasteiger partial charge in [0.15, 0.2) is 0 Å². The molecule has 0 aliphatic heterocycles. The molecule has 0 radical (unpaired) electrons. The van der Waals surface area contributed by atoms with E-state index in [1.807, 2.05) is 0 Å². The second kappa shape index (κ2) is 4.55. The highest BCUT2D eigenvalue weighted by atomic mass is 16.6. The highest BCUT2D eigenvalue weighted by Gasteiger charge is 2.64. The fraction of sp³-hybridized carbons (Fsp3) is 0.562. The number of carbonyl (C=O) groups is 3. The van der Waals surface area contributed by atoms with Crippen molar-refractivity contribution in [3.05, 3.63) is 25.3 Å². The SMILES string of the molecule is C=CC(=O)OC12CC3CC(OC(=O)C=C)(CC(C1)C3=O)C2. The average Bonchev–Trinajstić information content (AvgIpc) is 2.42. The highest BCUT2D eigenvalue weighted by molar-refractivity contribution is 5.88. The van der Waals surface area contributed by atoms with Crippen molar-refractivity contribution in [2.75, 3.05) is 0 Å². The maximum Gasteiger partial charge on any atom is 0.330 e. The molecule has 4 bridgehead atoms. The minimum Gasteiger partial charge on any atom is -0.456 e. The fourth-order valence-corrected chi connectivity index (χ4v) is 4.47. The standard InChI is InChI=1S/C16H18O5/c1-3-12(17)20-15-5-10-7-16(9-15,21-13(18)4-2)8-11(6-15)14(10)19/h3-4,10-11H,1-2,5-9H2. The summed E-state index contributed by atoms with van der Waals surface area (Å²) in [6, 6.07) is 0. The van der Waals surface area contributed by atoms with Crippen LogP contribution in [0.3, 0.4) is 0 Å². The highest BCUT2D eigenvalue weighted by Crippen LogP contribution is 2.58. The Kier molecular flexibility index (Phi) is 3.04. The summed E-state index contributed by atoms with van der Waals surface area (Å²) in [6.45, 7) is 6.83. The first-order valence-corrected chi connectivity index (χ1v) is 7.15. The molecule has 4 saturated carbocycles. The average molecular weight is 290 g/mol. The molecule has 0 N–H and O–H groups in total. The molecule has 0 aromatic rings. The molecule has 0 saturated heterocycles. The minimum atomic E-state index is -0.702. The summed E-state index contributed by atoms with van der Waals surface area (Å²) in [5.41, 5.74) is -1.40. The molecule has 0 aromatic carbocycles. The van der Waals surface area contributed by atoms with Crippen LogP contribution in [0, 0.1) is 11.8 Å². The zero-order chi connectivity index (χ0) is 15.3. The molecule has 5 heteroatoms. The van der Waals surface area contributed by atoms with Gasteiger partial charge in [0.2, 0.25) is 0 Å². The van der Waals surface area contributed by atoms with Gasteiger partial charge >= 0.3 is 11.9 Å². The van der Waals surface area contributed by atoms with Crippen molar-refractivity contribution >= 4 is 17.7 Å². The van der Waals surface area contributed by atoms with Crippen molar-refractivity contribution in [3.8, 4) is 0 Å². The zero-order valence-corrected chi connectivity index (χ0v) is 11.8. The van der Waals surface area contributed by atoms with Crippen LogP contribution < -0.4 is 0 Å². The quantitative estimate of drug-likeness (QED) is 0.582. The molecule has 0 spiro atoms. The van der Waals surface area contributed by atoms with E-state index in [-0.39, 0.29) is 17.6 Å². The lowest BCUT2D eigenvalue weighted by Gasteiger charge is -2.59. The monoisotopic (exact) mass is 290 g/mol. The van der Waals surface area contributed by atoms with Gasteiger partial charge in [0.1, 0.15) is 17.0 Å². The van der Waals surface area contributed by atoms with Crippen LogP contribution in [0.25, 0.3) is 0 Å². The van der Waals surface area contributed by atoms with Crippen LogP contribution >= 0.6 is 0 Å². The molecule has 21 heavy (non-hydrogen) atoms. The van der Waals surface area contributed by atoms with Crippen LogP contribution in [-0.4, -0.2) is 28.9 Å². The first kappa shape index (κ1) is 14.0. The Morgan fingerprint density at radius 1 is 0.952 bits per heavy atom. The van der Waals surface area contributed by atoms with E-state index in [0.29, 0.717) is 32.1 Å². The van der Waals surface area contributed by atoms with Crippen molar-refractivity contribution in [2.45, 2.75) is 43.3 Å². The van der Waals surface area contributed by atoms with Crippen LogP contribution in [0.5, 0.6) is 0 Å². The van der Waals surface area contributed by atoms with E-state index in [1.54, 1.807) is 0 Å². The number of ether oxygens (including phenoxy) is 2. The third-order valence-electron chi connectivity index (χ3n) is 4.89. The lowest BCUT2D eigenvalue weighted by atomic mass is 9.51. The molecule has 0 atom stereocenters. The first-order valence-electron chi connectivity index (χ1n) is 7.15. The minimum absolute atomic E-state index is 0.193. The largest absolute Gasteiger partial charge is 0.456 e. The maximum atomic E-state index is 12.2. The molecule has 112 valence electrons. The normalized spacial score (nSPS) is 39.7. The molecular formula is C16H18O5. The fourth-order valence-electron chi connectivity index (χ4n) is 4.47. The summed E-state index contributed by atoms with van der Waals surface area (Å²) in [5.74, 6) is -1.16. The summed E-state index contributed by atoms with van der Waals surface area (Å²) in [6.07, 6.45) is 4.81. The van der Waals surface area contributed by atoms with Crippen LogP contribution in [0.2, 0.25) is 0 Å². The van der Waals surface area contributed by atoms with Crippen molar-refractivity contribution < 1.29 is 23.9 Å². The Morgan fingerprint density at radius 2 is 1.33 bits per heavy atom. The molecule has 0 unspecified atom stereocenters.